The summed E-state index contributed by atoms with van der Waals surface area (Å²) in [6.07, 6.45) is 0. The first-order valence-electron chi connectivity index (χ1n) is 1.23. The van der Waals surface area contributed by atoms with E-state index >= 15 is 0 Å². The minimum atomic E-state index is -5.25. The van der Waals surface area contributed by atoms with Crippen molar-refractivity contribution in [2.24, 2.45) is 0 Å². The summed E-state index contributed by atoms with van der Waals surface area (Å²) in [5.41, 5.74) is 0. The van der Waals surface area contributed by atoms with Crippen molar-refractivity contribution < 1.29 is 64.1 Å². The summed E-state index contributed by atoms with van der Waals surface area (Å²) in [6.45, 7) is 0. The van der Waals surface area contributed by atoms with Gasteiger partial charge in [0, 0.05) is 22.4 Å². The fourth-order valence-corrected chi connectivity index (χ4v) is 0. The zero-order chi connectivity index (χ0) is 8.08. The predicted octanol–water partition coefficient (Wildman–Crippen LogP) is -2.97. The van der Waals surface area contributed by atoms with E-state index in [9.17, 15) is 0 Å². The van der Waals surface area contributed by atoms with E-state index in [4.69, 9.17) is 28.1 Å². The zero-order valence-electron chi connectivity index (χ0n) is 4.13. The van der Waals surface area contributed by atoms with Gasteiger partial charge < -0.3 is 0 Å². The van der Waals surface area contributed by atoms with Gasteiger partial charge in [-0.3, -0.25) is 0 Å². The molecule has 0 bridgehead atoms. The molecule has 10 heavy (non-hydrogen) atoms. The molecule has 0 unspecified atom stereocenters. The van der Waals surface area contributed by atoms with Crippen LogP contribution >= 0.6 is 0 Å². The van der Waals surface area contributed by atoms with Crippen LogP contribution < -0.4 is 0 Å². The van der Waals surface area contributed by atoms with Gasteiger partial charge in [0.15, 0.2) is 0 Å². The van der Waals surface area contributed by atoms with Gasteiger partial charge in [0.1, 0.15) is 0 Å². The molecule has 0 atom stereocenters. The molecule has 69 valence electrons. The summed E-state index contributed by atoms with van der Waals surface area (Å²) in [5.74, 6) is 0. The van der Waals surface area contributed by atoms with E-state index in [1.807, 2.05) is 0 Å². The van der Waals surface area contributed by atoms with Crippen molar-refractivity contribution in [3.8, 4) is 0 Å². The van der Waals surface area contributed by atoms with Crippen LogP contribution in [0.25, 0.3) is 0 Å². The fraction of sp³-hybridized carbons (Fsp3) is 0. The van der Waals surface area contributed by atoms with Gasteiger partial charge in [-0.25, -0.2) is 0 Å². The molecule has 0 rings (SSSR count). The molecule has 1 radical (unpaired) electrons. The molecule has 0 fully saturated rings. The Bertz CT molecular complexity index is 156. The topological polar surface area (TPSA) is 132 Å². The van der Waals surface area contributed by atoms with E-state index in [2.05, 4.69) is 0 Å². The molecule has 10 heteroatoms. The number of rotatable bonds is 0. The molecular weight excluding hydrogens is 351 g/mol. The molecule has 0 amide bonds. The van der Waals surface area contributed by atoms with Crippen molar-refractivity contribution >= 4 is 14.5 Å². The Labute approximate surface area is 78.3 Å². The Morgan fingerprint density at radius 3 is 1.10 bits per heavy atom. The van der Waals surface area contributed by atoms with E-state index in [1.54, 1.807) is 0 Å². The molecule has 7 nitrogen and oxygen atoms in total. The van der Waals surface area contributed by atoms with Gasteiger partial charge in [0.05, 0.1) is 0 Å². The van der Waals surface area contributed by atoms with Crippen LogP contribution in [0.4, 0.5) is 0 Å². The fourth-order valence-electron chi connectivity index (χ4n) is 0. The van der Waals surface area contributed by atoms with Gasteiger partial charge >= 0.3 is 56.2 Å². The van der Waals surface area contributed by atoms with Crippen LogP contribution in [0.3, 0.4) is 0 Å². The third-order valence-corrected chi connectivity index (χ3v) is 0. The Hall–Kier alpha value is 1.03. The SMILES string of the molecule is O=[Se](O)O.[Ag].[O]=[Cr](=[O])([OH])[OH]. The minimum absolute atomic E-state index is 0. The van der Waals surface area contributed by atoms with Gasteiger partial charge in [0.25, 0.3) is 0 Å². The Balaban J connectivity index is -0.0000000910. The number of hydrogen-bond donors (Lipinski definition) is 4. The Morgan fingerprint density at radius 1 is 1.10 bits per heavy atom. The van der Waals surface area contributed by atoms with Gasteiger partial charge in [-0.05, 0) is 0 Å². The first-order chi connectivity index (χ1) is 3.73. The van der Waals surface area contributed by atoms with Crippen LogP contribution in [0.15, 0.2) is 0 Å². The molecule has 0 spiro atoms. The first-order valence-corrected chi connectivity index (χ1v) is 5.64. The molecule has 0 aromatic heterocycles. The van der Waals surface area contributed by atoms with Crippen LogP contribution in [0.1, 0.15) is 0 Å². The van der Waals surface area contributed by atoms with Crippen molar-refractivity contribution in [1.29, 1.82) is 0 Å². The molecule has 0 saturated heterocycles. The molecule has 0 aromatic rings. The van der Waals surface area contributed by atoms with Gasteiger partial charge in [-0.1, -0.05) is 0 Å². The van der Waals surface area contributed by atoms with Crippen LogP contribution in [0.5, 0.6) is 0 Å². The standard InChI is InChI=1S/Ag.Cr.H2O3Se.2H2O.2O/c;;1-4(2)3;;;;/h;;(H2,1,2,3);2*1H2;;/q;+2;;;;;/p-2. The summed E-state index contributed by atoms with van der Waals surface area (Å²) in [7, 11) is 0. The van der Waals surface area contributed by atoms with E-state index in [1.165, 1.54) is 0 Å². The summed E-state index contributed by atoms with van der Waals surface area (Å²) in [5, 5.41) is 0. The van der Waals surface area contributed by atoms with Crippen molar-refractivity contribution in [2.75, 3.05) is 0 Å². The van der Waals surface area contributed by atoms with E-state index in [-0.39, 0.29) is 22.4 Å². The van der Waals surface area contributed by atoms with Crippen LogP contribution in [-0.4, -0.2) is 31.2 Å². The van der Waals surface area contributed by atoms with Crippen molar-refractivity contribution in [3.05, 3.63) is 0 Å². The third-order valence-electron chi connectivity index (χ3n) is 0. The molecule has 0 heterocycles. The molecule has 0 aliphatic carbocycles. The monoisotopic (exact) mass is 355 g/mol. The van der Waals surface area contributed by atoms with Crippen molar-refractivity contribution in [3.63, 3.8) is 0 Å². The molecule has 4 N–H and O–H groups in total. The van der Waals surface area contributed by atoms with Crippen molar-refractivity contribution in [2.45, 2.75) is 0 Å². The summed E-state index contributed by atoms with van der Waals surface area (Å²) >= 11 is -8.54. The first kappa shape index (κ1) is 17.2. The summed E-state index contributed by atoms with van der Waals surface area (Å²) < 4.78 is 55.0. The molecular formula is H4AgCrO7Se. The van der Waals surface area contributed by atoms with Crippen LogP contribution in [0.2, 0.25) is 0 Å². The molecule has 0 aliphatic rings. The molecule has 0 aliphatic heterocycles. The quantitative estimate of drug-likeness (QED) is 0.341. The maximum atomic E-state index is 8.82. The van der Waals surface area contributed by atoms with Gasteiger partial charge in [-0.15, -0.1) is 0 Å². The predicted molar refractivity (Wildman–Crippen MR) is 16.7 cm³/mol. The Morgan fingerprint density at radius 2 is 1.10 bits per heavy atom. The van der Waals surface area contributed by atoms with E-state index < -0.39 is 28.1 Å². The normalized spacial score (nSPS) is 9.30. The average Bonchev–Trinajstić information content (AvgIpc) is 1.19. The Kier molecular flexibility index (Phi) is 14.0. The maximum absolute atomic E-state index is 8.82. The van der Waals surface area contributed by atoms with Gasteiger partial charge in [0.2, 0.25) is 0 Å². The van der Waals surface area contributed by atoms with Gasteiger partial charge in [-0.2, -0.15) is 0 Å². The molecule has 0 aromatic carbocycles. The third kappa shape index (κ3) is 547. The summed E-state index contributed by atoms with van der Waals surface area (Å²) in [4.78, 5) is 0. The average molecular weight is 355 g/mol. The second-order valence-electron chi connectivity index (χ2n) is 0.679. The van der Waals surface area contributed by atoms with E-state index in [0.29, 0.717) is 0 Å². The van der Waals surface area contributed by atoms with Crippen molar-refractivity contribution in [1.82, 2.24) is 0 Å². The van der Waals surface area contributed by atoms with Crippen LogP contribution in [-0.2, 0) is 47.4 Å². The second kappa shape index (κ2) is 8.13. The van der Waals surface area contributed by atoms with Crippen LogP contribution in [0, 0.1) is 0 Å². The second-order valence-corrected chi connectivity index (χ2v) is 3.05. The molecule has 0 saturated carbocycles. The number of hydrogen-bond acceptors (Lipinski definition) is 3. The van der Waals surface area contributed by atoms with E-state index in [0.717, 1.165) is 0 Å². The summed E-state index contributed by atoms with van der Waals surface area (Å²) in [6, 6.07) is 0. The zero-order valence-corrected chi connectivity index (χ0v) is 8.60.